The third kappa shape index (κ3) is 2.85. The van der Waals surface area contributed by atoms with Gasteiger partial charge in [-0.1, -0.05) is 6.07 Å². The summed E-state index contributed by atoms with van der Waals surface area (Å²) in [5.74, 6) is 0. The number of nitrogens with two attached hydrogens (primary N) is 1. The average molecular weight is 322 g/mol. The Morgan fingerprint density at radius 1 is 1.05 bits per heavy atom. The van der Waals surface area contributed by atoms with E-state index in [2.05, 4.69) is 0 Å². The number of rotatable bonds is 3. The Morgan fingerprint density at radius 2 is 1.55 bits per heavy atom. The van der Waals surface area contributed by atoms with E-state index in [1.54, 1.807) is 0 Å². The van der Waals surface area contributed by atoms with E-state index >= 15 is 0 Å². The van der Waals surface area contributed by atoms with Gasteiger partial charge in [0.1, 0.15) is 0 Å². The van der Waals surface area contributed by atoms with Crippen LogP contribution in [0.15, 0.2) is 34.1 Å². The van der Waals surface area contributed by atoms with Gasteiger partial charge >= 0.3 is 0 Å². The molecular formula is C10H14N2O6S2. The van der Waals surface area contributed by atoms with Crippen LogP contribution in [0, 0.1) is 0 Å². The maximum Gasteiger partial charge on any atom is 0.243 e. The second-order valence-electron chi connectivity index (χ2n) is 4.48. The first-order chi connectivity index (χ1) is 9.12. The normalized spacial score (nSPS) is 24.9. The van der Waals surface area contributed by atoms with Crippen molar-refractivity contribution in [3.05, 3.63) is 24.3 Å². The van der Waals surface area contributed by atoms with Gasteiger partial charge in [0.25, 0.3) is 0 Å². The SMILES string of the molecule is NS(=O)(=O)c1cccc(S(=O)(=O)N2CC(O)C(O)C2)c1. The van der Waals surface area contributed by atoms with Crippen molar-refractivity contribution in [1.82, 2.24) is 4.31 Å². The fourth-order valence-corrected chi connectivity index (χ4v) is 4.05. The molecule has 1 fully saturated rings. The molecule has 1 heterocycles. The number of sulfonamides is 2. The maximum atomic E-state index is 12.3. The Hall–Kier alpha value is -1.04. The van der Waals surface area contributed by atoms with Crippen molar-refractivity contribution < 1.29 is 27.0 Å². The Balaban J connectivity index is 2.41. The number of aliphatic hydroxyl groups excluding tert-OH is 2. The maximum absolute atomic E-state index is 12.3. The number of aliphatic hydroxyl groups is 2. The lowest BCUT2D eigenvalue weighted by Crippen LogP contribution is -2.30. The predicted octanol–water partition coefficient (Wildman–Crippen LogP) is -1.94. The molecule has 0 spiro atoms. The van der Waals surface area contributed by atoms with E-state index in [0.29, 0.717) is 0 Å². The standard InChI is InChI=1S/C10H14N2O6S2/c11-19(15,16)7-2-1-3-8(4-7)20(17,18)12-5-9(13)10(14)6-12/h1-4,9-10,13-14H,5-6H2,(H2,11,15,16). The molecule has 1 aromatic carbocycles. The van der Waals surface area contributed by atoms with E-state index in [9.17, 15) is 27.0 Å². The number of primary sulfonamides is 1. The first-order valence-corrected chi connectivity index (χ1v) is 8.60. The van der Waals surface area contributed by atoms with Crippen molar-refractivity contribution in [2.24, 2.45) is 5.14 Å². The number of benzene rings is 1. The van der Waals surface area contributed by atoms with Crippen LogP contribution in [0.1, 0.15) is 0 Å². The highest BCUT2D eigenvalue weighted by Gasteiger charge is 2.37. The molecule has 0 radical (unpaired) electrons. The number of hydrogen-bond acceptors (Lipinski definition) is 6. The average Bonchev–Trinajstić information content (AvgIpc) is 2.69. The smallest absolute Gasteiger partial charge is 0.243 e. The molecule has 1 aliphatic rings. The molecule has 2 rings (SSSR count). The van der Waals surface area contributed by atoms with Gasteiger partial charge in [0, 0.05) is 13.1 Å². The molecule has 8 nitrogen and oxygen atoms in total. The van der Waals surface area contributed by atoms with Crippen molar-refractivity contribution in [2.45, 2.75) is 22.0 Å². The molecule has 0 aliphatic carbocycles. The van der Waals surface area contributed by atoms with Gasteiger partial charge in [-0.25, -0.2) is 22.0 Å². The molecule has 2 unspecified atom stereocenters. The molecule has 0 saturated carbocycles. The fraction of sp³-hybridized carbons (Fsp3) is 0.400. The minimum absolute atomic E-state index is 0.247. The summed E-state index contributed by atoms with van der Waals surface area (Å²) in [6.07, 6.45) is -2.32. The molecule has 1 aromatic rings. The highest BCUT2D eigenvalue weighted by Crippen LogP contribution is 2.23. The summed E-state index contributed by atoms with van der Waals surface area (Å²) in [5.41, 5.74) is 0. The summed E-state index contributed by atoms with van der Waals surface area (Å²) in [5, 5.41) is 23.7. The Bertz CT molecular complexity index is 705. The molecule has 1 saturated heterocycles. The Kier molecular flexibility index (Phi) is 3.88. The largest absolute Gasteiger partial charge is 0.389 e. The summed E-state index contributed by atoms with van der Waals surface area (Å²) in [7, 11) is -8.01. The van der Waals surface area contributed by atoms with Gasteiger partial charge < -0.3 is 10.2 Å². The molecule has 0 aromatic heterocycles. The van der Waals surface area contributed by atoms with Gasteiger partial charge in [0.15, 0.2) is 0 Å². The summed E-state index contributed by atoms with van der Waals surface area (Å²) in [4.78, 5) is -0.579. The van der Waals surface area contributed by atoms with Crippen LogP contribution in [-0.4, -0.2) is 56.7 Å². The van der Waals surface area contributed by atoms with Crippen LogP contribution in [-0.2, 0) is 20.0 Å². The van der Waals surface area contributed by atoms with Crippen molar-refractivity contribution in [3.8, 4) is 0 Å². The van der Waals surface area contributed by atoms with E-state index in [-0.39, 0.29) is 22.9 Å². The van der Waals surface area contributed by atoms with E-state index in [1.807, 2.05) is 0 Å². The summed E-state index contributed by atoms with van der Waals surface area (Å²) in [6, 6.07) is 4.61. The lowest BCUT2D eigenvalue weighted by atomic mass is 10.3. The van der Waals surface area contributed by atoms with Gasteiger partial charge in [-0.05, 0) is 18.2 Å². The van der Waals surface area contributed by atoms with E-state index < -0.39 is 32.3 Å². The Labute approximate surface area is 116 Å². The van der Waals surface area contributed by atoms with Gasteiger partial charge in [-0.2, -0.15) is 4.31 Å². The number of hydrogen-bond donors (Lipinski definition) is 3. The van der Waals surface area contributed by atoms with Crippen molar-refractivity contribution in [3.63, 3.8) is 0 Å². The van der Waals surface area contributed by atoms with Crippen molar-refractivity contribution in [1.29, 1.82) is 0 Å². The number of β-amino-alcohol motifs (C(OH)–C–C–N with tert-alkyl or cyclic N) is 2. The predicted molar refractivity (Wildman–Crippen MR) is 68.6 cm³/mol. The molecule has 0 bridgehead atoms. The molecule has 4 N–H and O–H groups in total. The highest BCUT2D eigenvalue weighted by molar-refractivity contribution is 7.90. The molecule has 20 heavy (non-hydrogen) atoms. The van der Waals surface area contributed by atoms with Gasteiger partial charge in [-0.15, -0.1) is 0 Å². The zero-order valence-electron chi connectivity index (χ0n) is 10.2. The molecule has 0 amide bonds. The van der Waals surface area contributed by atoms with Crippen LogP contribution < -0.4 is 5.14 Å². The molecule has 1 aliphatic heterocycles. The summed E-state index contributed by atoms with van der Waals surface area (Å²) in [6.45, 7) is -0.494. The lowest BCUT2D eigenvalue weighted by Gasteiger charge is -2.15. The molecule has 112 valence electrons. The summed E-state index contributed by atoms with van der Waals surface area (Å²) < 4.78 is 47.9. The van der Waals surface area contributed by atoms with E-state index in [0.717, 1.165) is 10.4 Å². The van der Waals surface area contributed by atoms with Crippen LogP contribution in [0.25, 0.3) is 0 Å². The van der Waals surface area contributed by atoms with Crippen molar-refractivity contribution >= 4 is 20.0 Å². The topological polar surface area (TPSA) is 138 Å². The second-order valence-corrected chi connectivity index (χ2v) is 7.98. The monoisotopic (exact) mass is 322 g/mol. The van der Waals surface area contributed by atoms with Gasteiger partial charge in [0.05, 0.1) is 22.0 Å². The second kappa shape index (κ2) is 5.06. The third-order valence-corrected chi connectivity index (χ3v) is 5.74. The van der Waals surface area contributed by atoms with Crippen molar-refractivity contribution in [2.75, 3.05) is 13.1 Å². The quantitative estimate of drug-likeness (QED) is 0.592. The van der Waals surface area contributed by atoms with E-state index in [1.165, 1.54) is 18.2 Å². The zero-order valence-corrected chi connectivity index (χ0v) is 11.9. The Morgan fingerprint density at radius 3 is 2.05 bits per heavy atom. The fourth-order valence-electron chi connectivity index (χ4n) is 1.89. The third-order valence-electron chi connectivity index (χ3n) is 3.00. The van der Waals surface area contributed by atoms with Gasteiger partial charge in [0.2, 0.25) is 20.0 Å². The highest BCUT2D eigenvalue weighted by atomic mass is 32.2. The minimum Gasteiger partial charge on any atom is -0.389 e. The van der Waals surface area contributed by atoms with Gasteiger partial charge in [-0.3, -0.25) is 0 Å². The van der Waals surface area contributed by atoms with Crippen LogP contribution in [0.3, 0.4) is 0 Å². The minimum atomic E-state index is -4.01. The zero-order chi connectivity index (χ0) is 15.1. The first kappa shape index (κ1) is 15.4. The lowest BCUT2D eigenvalue weighted by molar-refractivity contribution is 0.0572. The van der Waals surface area contributed by atoms with Crippen LogP contribution in [0.5, 0.6) is 0 Å². The van der Waals surface area contributed by atoms with Crippen LogP contribution in [0.2, 0.25) is 0 Å². The molecule has 2 atom stereocenters. The van der Waals surface area contributed by atoms with Crippen LogP contribution in [0.4, 0.5) is 0 Å². The summed E-state index contributed by atoms with van der Waals surface area (Å²) >= 11 is 0. The molecule has 10 heteroatoms. The van der Waals surface area contributed by atoms with Crippen LogP contribution >= 0.6 is 0 Å². The number of nitrogens with zero attached hydrogens (tertiary/aromatic N) is 1. The molecular weight excluding hydrogens is 308 g/mol. The van der Waals surface area contributed by atoms with E-state index in [4.69, 9.17) is 5.14 Å². The first-order valence-electron chi connectivity index (χ1n) is 5.61.